The monoisotopic (exact) mass is 332 g/mol. The molecule has 1 fully saturated rings. The van der Waals surface area contributed by atoms with Crippen LogP contribution < -0.4 is 5.32 Å². The number of aromatic nitrogens is 2. The fraction of sp³-hybridized carbons (Fsp3) is 0.312. The van der Waals surface area contributed by atoms with Crippen LogP contribution in [0.5, 0.6) is 0 Å². The summed E-state index contributed by atoms with van der Waals surface area (Å²) in [7, 11) is 0. The zero-order valence-electron chi connectivity index (χ0n) is 12.8. The summed E-state index contributed by atoms with van der Waals surface area (Å²) < 4.78 is 5.26. The molecule has 0 aliphatic carbocycles. The second-order valence-electron chi connectivity index (χ2n) is 5.21. The largest absolute Gasteiger partial charge is 0.378 e. The average molecular weight is 333 g/mol. The molecule has 1 aliphatic rings. The first-order valence-electron chi connectivity index (χ1n) is 7.37. The molecule has 1 aromatic carbocycles. The maximum absolute atomic E-state index is 12.5. The van der Waals surface area contributed by atoms with E-state index in [4.69, 9.17) is 16.3 Å². The molecule has 1 amide bonds. The molecule has 6 nitrogen and oxygen atoms in total. The standard InChI is InChI=1S/C16H17ClN4O2/c1-11-12(17)3-2-4-13(11)19-16-18-6-5-14(20-16)15(22)21-7-9-23-10-8-21/h2-6H,7-10H2,1H3,(H,18,19,20). The fourth-order valence-corrected chi connectivity index (χ4v) is 2.50. The number of carbonyl (C=O) groups excluding carboxylic acids is 1. The van der Waals surface area contributed by atoms with E-state index in [0.29, 0.717) is 43.0 Å². The zero-order valence-corrected chi connectivity index (χ0v) is 13.5. The molecule has 2 heterocycles. The highest BCUT2D eigenvalue weighted by atomic mass is 35.5. The lowest BCUT2D eigenvalue weighted by molar-refractivity contribution is 0.0299. The molecular formula is C16H17ClN4O2. The minimum absolute atomic E-state index is 0.110. The summed E-state index contributed by atoms with van der Waals surface area (Å²) in [4.78, 5) is 22.7. The molecule has 2 aromatic rings. The van der Waals surface area contributed by atoms with E-state index < -0.39 is 0 Å². The number of anilines is 2. The van der Waals surface area contributed by atoms with Crippen LogP contribution in [-0.4, -0.2) is 47.1 Å². The summed E-state index contributed by atoms with van der Waals surface area (Å²) in [5.74, 6) is 0.260. The van der Waals surface area contributed by atoms with Crippen molar-refractivity contribution < 1.29 is 9.53 Å². The van der Waals surface area contributed by atoms with E-state index in [0.717, 1.165) is 11.3 Å². The molecule has 0 atom stereocenters. The molecular weight excluding hydrogens is 316 g/mol. The third-order valence-electron chi connectivity index (χ3n) is 3.69. The number of hydrogen-bond donors (Lipinski definition) is 1. The van der Waals surface area contributed by atoms with Gasteiger partial charge in [0, 0.05) is 30.0 Å². The van der Waals surface area contributed by atoms with Crippen molar-refractivity contribution in [3.05, 3.63) is 46.7 Å². The molecule has 0 unspecified atom stereocenters. The number of amides is 1. The SMILES string of the molecule is Cc1c(Cl)cccc1Nc1nccc(C(=O)N2CCOCC2)n1. The summed E-state index contributed by atoms with van der Waals surface area (Å²) >= 11 is 6.11. The number of rotatable bonds is 3. The van der Waals surface area contributed by atoms with Gasteiger partial charge in [-0.05, 0) is 30.7 Å². The first kappa shape index (κ1) is 15.7. The minimum Gasteiger partial charge on any atom is -0.378 e. The topological polar surface area (TPSA) is 67.4 Å². The van der Waals surface area contributed by atoms with Gasteiger partial charge in [0.1, 0.15) is 5.69 Å². The van der Waals surface area contributed by atoms with Crippen LogP contribution in [0.1, 0.15) is 16.1 Å². The zero-order chi connectivity index (χ0) is 16.2. The van der Waals surface area contributed by atoms with Gasteiger partial charge in [-0.1, -0.05) is 17.7 Å². The Hall–Kier alpha value is -2.18. The van der Waals surface area contributed by atoms with E-state index in [2.05, 4.69) is 15.3 Å². The van der Waals surface area contributed by atoms with Crippen molar-refractivity contribution >= 4 is 29.1 Å². The Balaban J connectivity index is 1.79. The summed E-state index contributed by atoms with van der Waals surface area (Å²) in [6.45, 7) is 4.19. The van der Waals surface area contributed by atoms with Gasteiger partial charge >= 0.3 is 0 Å². The predicted molar refractivity (Wildman–Crippen MR) is 88.2 cm³/mol. The van der Waals surface area contributed by atoms with E-state index in [9.17, 15) is 4.79 Å². The van der Waals surface area contributed by atoms with E-state index >= 15 is 0 Å². The number of morpholine rings is 1. The predicted octanol–water partition coefficient (Wildman–Crippen LogP) is 2.65. The highest BCUT2D eigenvalue weighted by molar-refractivity contribution is 6.31. The average Bonchev–Trinajstić information content (AvgIpc) is 2.59. The molecule has 7 heteroatoms. The Morgan fingerprint density at radius 1 is 1.30 bits per heavy atom. The van der Waals surface area contributed by atoms with E-state index in [1.54, 1.807) is 17.2 Å². The van der Waals surface area contributed by atoms with Crippen molar-refractivity contribution in [2.24, 2.45) is 0 Å². The molecule has 0 radical (unpaired) electrons. The highest BCUT2D eigenvalue weighted by Crippen LogP contribution is 2.24. The summed E-state index contributed by atoms with van der Waals surface area (Å²) in [6.07, 6.45) is 1.57. The van der Waals surface area contributed by atoms with E-state index in [1.165, 1.54) is 0 Å². The molecule has 1 aromatic heterocycles. The molecule has 0 saturated carbocycles. The number of carbonyl (C=O) groups is 1. The Bertz CT molecular complexity index is 717. The quantitative estimate of drug-likeness (QED) is 0.936. The van der Waals surface area contributed by atoms with Gasteiger partial charge in [0.25, 0.3) is 5.91 Å². The fourth-order valence-electron chi connectivity index (χ4n) is 2.33. The van der Waals surface area contributed by atoms with Crippen LogP contribution in [0, 0.1) is 6.92 Å². The molecule has 1 N–H and O–H groups in total. The highest BCUT2D eigenvalue weighted by Gasteiger charge is 2.20. The summed E-state index contributed by atoms with van der Waals surface area (Å²) in [6, 6.07) is 7.18. The van der Waals surface area contributed by atoms with Crippen molar-refractivity contribution in [3.63, 3.8) is 0 Å². The number of halogens is 1. The lowest BCUT2D eigenvalue weighted by Gasteiger charge is -2.26. The Kier molecular flexibility index (Phi) is 4.73. The number of benzene rings is 1. The van der Waals surface area contributed by atoms with Crippen LogP contribution >= 0.6 is 11.6 Å². The smallest absolute Gasteiger partial charge is 0.272 e. The second-order valence-corrected chi connectivity index (χ2v) is 5.61. The lowest BCUT2D eigenvalue weighted by atomic mass is 10.2. The van der Waals surface area contributed by atoms with Gasteiger partial charge in [0.15, 0.2) is 0 Å². The third-order valence-corrected chi connectivity index (χ3v) is 4.10. The molecule has 1 saturated heterocycles. The van der Waals surface area contributed by atoms with Gasteiger partial charge in [-0.25, -0.2) is 9.97 Å². The minimum atomic E-state index is -0.110. The van der Waals surface area contributed by atoms with Crippen molar-refractivity contribution in [3.8, 4) is 0 Å². The maximum atomic E-state index is 12.5. The Morgan fingerprint density at radius 2 is 2.09 bits per heavy atom. The molecule has 23 heavy (non-hydrogen) atoms. The van der Waals surface area contributed by atoms with Crippen molar-refractivity contribution in [1.82, 2.24) is 14.9 Å². The third kappa shape index (κ3) is 3.60. The van der Waals surface area contributed by atoms with Crippen LogP contribution in [0.4, 0.5) is 11.6 Å². The first-order chi connectivity index (χ1) is 11.1. The van der Waals surface area contributed by atoms with Gasteiger partial charge in [-0.15, -0.1) is 0 Å². The normalized spacial score (nSPS) is 14.6. The van der Waals surface area contributed by atoms with Crippen LogP contribution in [0.2, 0.25) is 5.02 Å². The summed E-state index contributed by atoms with van der Waals surface area (Å²) in [5, 5.41) is 3.77. The summed E-state index contributed by atoms with van der Waals surface area (Å²) in [5.41, 5.74) is 2.08. The molecule has 1 aliphatic heterocycles. The maximum Gasteiger partial charge on any atom is 0.272 e. The van der Waals surface area contributed by atoms with Gasteiger partial charge in [0.2, 0.25) is 5.95 Å². The van der Waals surface area contributed by atoms with Crippen molar-refractivity contribution in [2.45, 2.75) is 6.92 Å². The number of nitrogens with zero attached hydrogens (tertiary/aromatic N) is 3. The van der Waals surface area contributed by atoms with Crippen molar-refractivity contribution in [2.75, 3.05) is 31.6 Å². The first-order valence-corrected chi connectivity index (χ1v) is 7.75. The Morgan fingerprint density at radius 3 is 2.87 bits per heavy atom. The van der Waals surface area contributed by atoms with Crippen LogP contribution in [-0.2, 0) is 4.74 Å². The molecule has 120 valence electrons. The van der Waals surface area contributed by atoms with Gasteiger partial charge < -0.3 is 15.0 Å². The second kappa shape index (κ2) is 6.93. The van der Waals surface area contributed by atoms with Crippen molar-refractivity contribution in [1.29, 1.82) is 0 Å². The molecule has 0 bridgehead atoms. The van der Waals surface area contributed by atoms with E-state index in [-0.39, 0.29) is 5.91 Å². The van der Waals surface area contributed by atoms with Crippen LogP contribution in [0.25, 0.3) is 0 Å². The number of hydrogen-bond acceptors (Lipinski definition) is 5. The molecule has 3 rings (SSSR count). The number of nitrogens with one attached hydrogen (secondary N) is 1. The van der Waals surface area contributed by atoms with Gasteiger partial charge in [-0.3, -0.25) is 4.79 Å². The van der Waals surface area contributed by atoms with Gasteiger partial charge in [-0.2, -0.15) is 0 Å². The van der Waals surface area contributed by atoms with E-state index in [1.807, 2.05) is 25.1 Å². The van der Waals surface area contributed by atoms with Gasteiger partial charge in [0.05, 0.1) is 13.2 Å². The number of ether oxygens (including phenoxy) is 1. The Labute approximate surface area is 139 Å². The lowest BCUT2D eigenvalue weighted by Crippen LogP contribution is -2.41. The van der Waals surface area contributed by atoms with Crippen LogP contribution in [0.15, 0.2) is 30.5 Å². The van der Waals surface area contributed by atoms with Crippen LogP contribution in [0.3, 0.4) is 0 Å². The molecule has 0 spiro atoms.